The summed E-state index contributed by atoms with van der Waals surface area (Å²) in [7, 11) is -10.5. The molecule has 20 nitrogen and oxygen atoms in total. The van der Waals surface area contributed by atoms with Crippen molar-refractivity contribution in [2.75, 3.05) is 18.5 Å². The van der Waals surface area contributed by atoms with E-state index in [0.717, 1.165) is 41.4 Å². The second kappa shape index (κ2) is 27.2. The minimum absolute atomic E-state index is 0.00548. The van der Waals surface area contributed by atoms with Crippen LogP contribution in [0.2, 0.25) is 10.0 Å². The van der Waals surface area contributed by atoms with Gasteiger partial charge in [0.05, 0.1) is 11.4 Å². The number of likely N-dealkylation sites (N-methyl/N-ethyl adjacent to an activating group) is 2. The monoisotopic (exact) mass is 1170 g/mol. The topological polar surface area (TPSA) is 264 Å². The summed E-state index contributed by atoms with van der Waals surface area (Å²) in [4.78, 5) is 53.4. The summed E-state index contributed by atoms with van der Waals surface area (Å²) in [6, 6.07) is 20.7. The first kappa shape index (κ1) is 59.0. The summed E-state index contributed by atoms with van der Waals surface area (Å²) in [6.45, 7) is 1.87. The van der Waals surface area contributed by atoms with Crippen molar-refractivity contribution < 1.29 is 96.0 Å². The number of carbonyl (C=O) groups is 4. The van der Waals surface area contributed by atoms with Crippen LogP contribution in [-0.4, -0.2) is 91.6 Å². The molecule has 0 radical (unpaired) electrons. The van der Waals surface area contributed by atoms with E-state index in [4.69, 9.17) is 28.5 Å². The van der Waals surface area contributed by atoms with Crippen LogP contribution in [0.1, 0.15) is 29.2 Å². The molecule has 0 bridgehead atoms. The maximum Gasteiger partial charge on any atom is 0.534 e. The van der Waals surface area contributed by atoms with Crippen LogP contribution in [0.25, 0.3) is 0 Å². The lowest BCUT2D eigenvalue weighted by atomic mass is 10.0. The van der Waals surface area contributed by atoms with Crippen molar-refractivity contribution in [1.82, 2.24) is 15.8 Å². The second-order valence-electron chi connectivity index (χ2n) is 11.9. The van der Waals surface area contributed by atoms with Gasteiger partial charge in [0.2, 0.25) is 0 Å². The van der Waals surface area contributed by atoms with Crippen molar-refractivity contribution in [3.8, 4) is 23.5 Å². The molecule has 4 aromatic rings. The highest BCUT2D eigenvalue weighted by Gasteiger charge is 2.49. The van der Waals surface area contributed by atoms with Gasteiger partial charge in [-0.3, -0.25) is 19.2 Å². The third kappa shape index (κ3) is 18.7. The van der Waals surface area contributed by atoms with Crippen LogP contribution < -0.4 is 19.1 Å². The number of nitrogens with one attached hydrogen (secondary N) is 2. The van der Waals surface area contributed by atoms with Gasteiger partial charge in [-0.2, -0.15) is 53.4 Å². The van der Waals surface area contributed by atoms with Gasteiger partial charge in [0, 0.05) is 61.9 Å². The van der Waals surface area contributed by atoms with Crippen molar-refractivity contribution in [3.63, 3.8) is 0 Å². The molecule has 3 N–H and O–H groups in total. The van der Waals surface area contributed by atoms with Gasteiger partial charge in [0.25, 0.3) is 5.78 Å². The Balaban J connectivity index is 0.000000459. The first-order chi connectivity index (χ1) is 32.3. The number of alkyl halides is 7. The molecule has 0 aliphatic heterocycles. The summed E-state index contributed by atoms with van der Waals surface area (Å²) in [5.41, 5.74) is -7.88. The number of hydrogen-bond acceptors (Lipinski definition) is 17. The largest absolute Gasteiger partial charge is 0.534 e. The summed E-state index contributed by atoms with van der Waals surface area (Å²) in [6.07, 6.45) is 1.59. The van der Waals surface area contributed by atoms with E-state index in [1.807, 2.05) is 10.4 Å². The Morgan fingerprint density at radius 1 is 0.681 bits per heavy atom. The molecule has 4 aromatic carbocycles. The van der Waals surface area contributed by atoms with Crippen LogP contribution in [-0.2, 0) is 59.4 Å². The molecule has 69 heavy (non-hydrogen) atoms. The molecule has 31 heteroatoms. The van der Waals surface area contributed by atoms with Gasteiger partial charge in [-0.05, 0) is 89.7 Å². The van der Waals surface area contributed by atoms with Gasteiger partial charge in [-0.15, -0.1) is 0 Å². The van der Waals surface area contributed by atoms with Crippen LogP contribution in [0.5, 0.6) is 11.5 Å². The summed E-state index contributed by atoms with van der Waals surface area (Å²) in [5.74, 6) is -4.05. The first-order valence-electron chi connectivity index (χ1n) is 17.8. The third-order valence-electron chi connectivity index (χ3n) is 7.32. The number of amides is 3. The van der Waals surface area contributed by atoms with E-state index in [-0.39, 0.29) is 23.5 Å². The zero-order valence-electron chi connectivity index (χ0n) is 34.7. The number of ketones is 1. The van der Waals surface area contributed by atoms with E-state index in [0.29, 0.717) is 26.7 Å². The quantitative estimate of drug-likeness (QED) is 0.0102. The van der Waals surface area contributed by atoms with E-state index >= 15 is 0 Å². The average Bonchev–Trinajstić information content (AvgIpc) is 3.29. The lowest BCUT2D eigenvalue weighted by Gasteiger charge is -2.15. The first-order valence-corrected chi connectivity index (χ1v) is 23.5. The van der Waals surface area contributed by atoms with E-state index in [1.54, 1.807) is 43.2 Å². The van der Waals surface area contributed by atoms with Crippen molar-refractivity contribution in [2.45, 2.75) is 17.9 Å². The minimum atomic E-state index is -5.88. The summed E-state index contributed by atoms with van der Waals surface area (Å²) < 4.78 is 128. The number of nitrogens with zero attached hydrogens (tertiary/aromatic N) is 3. The van der Waals surface area contributed by atoms with Gasteiger partial charge < -0.3 is 13.7 Å². The highest BCUT2D eigenvalue weighted by Crippen LogP contribution is 2.29. The van der Waals surface area contributed by atoms with Crippen LogP contribution in [0.15, 0.2) is 107 Å². The molecule has 0 aliphatic rings. The summed E-state index contributed by atoms with van der Waals surface area (Å²) in [5, 5.41) is 29.7. The molecular weight excluding hydrogens is 1140 g/mol. The summed E-state index contributed by atoms with van der Waals surface area (Å²) >= 11 is 13.9. The fraction of sp³-hybridized carbons (Fsp3) is 0.158. The highest BCUT2D eigenvalue weighted by atomic mass is 127. The number of hydrogen-bond donors (Lipinski definition) is 3. The molecule has 0 saturated heterocycles. The minimum Gasteiger partial charge on any atom is -0.376 e. The molecule has 0 aliphatic carbocycles. The van der Waals surface area contributed by atoms with Crippen molar-refractivity contribution >= 4 is 101 Å². The number of carbonyl (C=O) groups excluding carboxylic acids is 4. The maximum absolute atomic E-state index is 12.5. The Kier molecular flexibility index (Phi) is 23.2. The van der Waals surface area contributed by atoms with Crippen molar-refractivity contribution in [1.29, 1.82) is 0 Å². The third-order valence-corrected chi connectivity index (χ3v) is 9.78. The molecule has 0 aromatic heterocycles. The Hall–Kier alpha value is -6.11. The van der Waals surface area contributed by atoms with E-state index < -0.39 is 66.3 Å². The smallest absolute Gasteiger partial charge is 0.376 e. The van der Waals surface area contributed by atoms with Gasteiger partial charge >= 0.3 is 49.0 Å². The Labute approximate surface area is 410 Å². The maximum atomic E-state index is 12.5. The van der Waals surface area contributed by atoms with Crippen molar-refractivity contribution in [2.24, 2.45) is 10.2 Å². The molecular formula is C38H30Cl2F6IN5O15S2. The van der Waals surface area contributed by atoms with Gasteiger partial charge in [0.15, 0.2) is 6.11 Å². The van der Waals surface area contributed by atoms with E-state index in [9.17, 15) is 62.4 Å². The lowest BCUT2D eigenvalue weighted by Crippen LogP contribution is -2.39. The molecule has 0 saturated carbocycles. The molecule has 372 valence electrons. The molecule has 4 rings (SSSR count). The molecule has 0 fully saturated rings. The van der Waals surface area contributed by atoms with Crippen molar-refractivity contribution in [3.05, 3.63) is 129 Å². The van der Waals surface area contributed by atoms with Crippen LogP contribution in [0.3, 0.4) is 0 Å². The number of hydrazone groups is 2. The highest BCUT2D eigenvalue weighted by molar-refractivity contribution is 14.1. The normalized spacial score (nSPS) is 11.7. The zero-order valence-corrected chi connectivity index (χ0v) is 40.0. The average molecular weight is 1170 g/mol. The lowest BCUT2D eigenvalue weighted by molar-refractivity contribution is -0.691. The van der Waals surface area contributed by atoms with Gasteiger partial charge in [-0.1, -0.05) is 70.1 Å². The predicted molar refractivity (Wildman–Crippen MR) is 238 cm³/mol. The molecule has 0 atom stereocenters. The zero-order chi connectivity index (χ0) is 52.2. The molecule has 3 amide bonds. The van der Waals surface area contributed by atoms with Crippen LogP contribution in [0.4, 0.5) is 26.3 Å². The molecule has 0 spiro atoms. The van der Waals surface area contributed by atoms with Gasteiger partial charge in [-0.25, -0.2) is 20.6 Å². The Bertz CT molecular complexity index is 2760. The van der Waals surface area contributed by atoms with Crippen LogP contribution >= 0.6 is 45.8 Å². The fourth-order valence-electron chi connectivity index (χ4n) is 4.38. The Morgan fingerprint density at radius 2 is 1.07 bits per heavy atom. The SMILES string of the molecule is CCNC(=O)C(=O)N(C)/N=C(/c1ccc(Cl)cc1)c1ccc(OS(=O)(=O)C(F)(F)F)cc1.CI.O=C(C#COOOOO)C(=O)N/N=C(/c1ccc(Cl)cc1)c1ccc(OS(=O)(=O)C(F)(F)F)cc1. The predicted octanol–water partition coefficient (Wildman–Crippen LogP) is 6.22. The number of Topliss-reactive ketones (excluding diaryl/α,β-unsaturated/α-hetero) is 1. The number of benzene rings is 4. The van der Waals surface area contributed by atoms with E-state index in [1.165, 1.54) is 43.4 Å². The molecule has 0 heterocycles. The molecule has 0 unspecified atom stereocenters. The van der Waals surface area contributed by atoms with Gasteiger partial charge in [0.1, 0.15) is 11.5 Å². The Morgan fingerprint density at radius 3 is 1.45 bits per heavy atom. The van der Waals surface area contributed by atoms with E-state index in [2.05, 4.69) is 66.5 Å². The second-order valence-corrected chi connectivity index (χ2v) is 15.9. The fourth-order valence-corrected chi connectivity index (χ4v) is 5.55. The number of halogens is 9. The number of rotatable bonds is 15. The standard InChI is InChI=1S/C19H17ClF3N3O5S.C18H10ClF3N2O10S.CH3I/c1-3-24-17(27)18(28)26(2)25-16(12-4-8-14(20)9-5-12)13-6-10-15(11-7-13)31-32(29,30)19(21,22)23;19-13-5-1-11(2-6-13)16(23-24-17(26)15(25)9-10-30-33-34-32-27)12-3-7-14(8-4-12)31-35(28,29)18(20,21)22;1-2/h4-11H,3H2,1-2H3,(H,24,27);1-8,27H,(H,24,26);1H3/b25-16-;23-16-;. The van der Waals surface area contributed by atoms with Crippen LogP contribution in [0, 0.1) is 12.0 Å².